The van der Waals surface area contributed by atoms with E-state index in [0.717, 1.165) is 35.0 Å². The van der Waals surface area contributed by atoms with Crippen LogP contribution in [0.5, 0.6) is 0 Å². The third kappa shape index (κ3) is 1.93. The molecule has 3 nitrogen and oxygen atoms in total. The van der Waals surface area contributed by atoms with Crippen LogP contribution >= 0.6 is 23.4 Å². The zero-order valence-electron chi connectivity index (χ0n) is 8.57. The van der Waals surface area contributed by atoms with E-state index in [0.29, 0.717) is 5.02 Å². The molecule has 1 atom stereocenters. The Morgan fingerprint density at radius 1 is 1.50 bits per heavy atom. The maximum absolute atomic E-state index is 5.91. The fourth-order valence-corrected chi connectivity index (χ4v) is 2.88. The summed E-state index contributed by atoms with van der Waals surface area (Å²) in [6, 6.07) is 5.75. The normalized spacial score (nSPS) is 21.4. The highest BCUT2D eigenvalue weighted by atomic mass is 35.5. The standard InChI is InChI=1S/C11H11ClN2OS/c12-7-1-2-10-8(5-7)14-11(15-10)9-6-16-4-3-13-9/h1-2,5,9,13H,3-4,6H2. The van der Waals surface area contributed by atoms with Crippen LogP contribution < -0.4 is 5.32 Å². The van der Waals surface area contributed by atoms with Gasteiger partial charge in [0.2, 0.25) is 5.89 Å². The molecule has 84 valence electrons. The van der Waals surface area contributed by atoms with E-state index in [1.54, 1.807) is 0 Å². The summed E-state index contributed by atoms with van der Waals surface area (Å²) >= 11 is 7.83. The molecule has 1 aliphatic heterocycles. The lowest BCUT2D eigenvalue weighted by atomic mass is 10.3. The van der Waals surface area contributed by atoms with Gasteiger partial charge in [-0.05, 0) is 18.2 Å². The second kappa shape index (κ2) is 4.28. The van der Waals surface area contributed by atoms with E-state index in [9.17, 15) is 0 Å². The molecule has 0 spiro atoms. The quantitative estimate of drug-likeness (QED) is 0.849. The number of aromatic nitrogens is 1. The molecule has 2 heterocycles. The number of thioether (sulfide) groups is 1. The highest BCUT2D eigenvalue weighted by Gasteiger charge is 2.20. The van der Waals surface area contributed by atoms with E-state index in [4.69, 9.17) is 16.0 Å². The number of nitrogens with zero attached hydrogens (tertiary/aromatic N) is 1. The Balaban J connectivity index is 1.97. The molecule has 1 aromatic carbocycles. The summed E-state index contributed by atoms with van der Waals surface area (Å²) in [5.74, 6) is 2.94. The monoisotopic (exact) mass is 254 g/mol. The summed E-state index contributed by atoms with van der Waals surface area (Å²) in [5.41, 5.74) is 1.64. The summed E-state index contributed by atoms with van der Waals surface area (Å²) in [7, 11) is 0. The predicted octanol–water partition coefficient (Wildman–Crippen LogP) is 2.86. The van der Waals surface area contributed by atoms with Crippen LogP contribution in [0.1, 0.15) is 11.9 Å². The van der Waals surface area contributed by atoms with E-state index in [2.05, 4.69) is 10.3 Å². The maximum atomic E-state index is 5.91. The average molecular weight is 255 g/mol. The minimum Gasteiger partial charge on any atom is -0.439 e. The molecule has 0 amide bonds. The molecule has 1 saturated heterocycles. The molecule has 1 unspecified atom stereocenters. The Morgan fingerprint density at radius 2 is 2.44 bits per heavy atom. The van der Waals surface area contributed by atoms with Crippen molar-refractivity contribution in [1.82, 2.24) is 10.3 Å². The topological polar surface area (TPSA) is 38.1 Å². The first-order valence-corrected chi connectivity index (χ1v) is 6.73. The lowest BCUT2D eigenvalue weighted by Crippen LogP contribution is -2.30. The molecule has 1 aromatic heterocycles. The van der Waals surface area contributed by atoms with Gasteiger partial charge in [0.15, 0.2) is 5.58 Å². The molecule has 2 aromatic rings. The van der Waals surface area contributed by atoms with Crippen molar-refractivity contribution in [3.8, 4) is 0 Å². The number of hydrogen-bond acceptors (Lipinski definition) is 4. The van der Waals surface area contributed by atoms with Crippen LogP contribution in [0.15, 0.2) is 22.6 Å². The molecule has 1 fully saturated rings. The summed E-state index contributed by atoms with van der Waals surface area (Å²) in [5, 5.41) is 4.09. The van der Waals surface area contributed by atoms with Crippen molar-refractivity contribution >= 4 is 34.5 Å². The molecule has 0 radical (unpaired) electrons. The lowest BCUT2D eigenvalue weighted by molar-refractivity contribution is 0.441. The van der Waals surface area contributed by atoms with Crippen LogP contribution in [-0.4, -0.2) is 23.0 Å². The first-order valence-electron chi connectivity index (χ1n) is 5.20. The Kier molecular flexibility index (Phi) is 2.79. The van der Waals surface area contributed by atoms with Gasteiger partial charge in [0.25, 0.3) is 0 Å². The molecule has 0 bridgehead atoms. The van der Waals surface area contributed by atoms with Crippen molar-refractivity contribution in [3.63, 3.8) is 0 Å². The first-order chi connectivity index (χ1) is 7.83. The highest BCUT2D eigenvalue weighted by molar-refractivity contribution is 7.99. The lowest BCUT2D eigenvalue weighted by Gasteiger charge is -2.19. The van der Waals surface area contributed by atoms with Crippen LogP contribution in [0.25, 0.3) is 11.1 Å². The fourth-order valence-electron chi connectivity index (χ4n) is 1.79. The largest absolute Gasteiger partial charge is 0.439 e. The van der Waals surface area contributed by atoms with Gasteiger partial charge in [-0.1, -0.05) is 11.6 Å². The number of halogens is 1. The van der Waals surface area contributed by atoms with Gasteiger partial charge in [-0.3, -0.25) is 0 Å². The Labute approximate surface area is 103 Å². The van der Waals surface area contributed by atoms with Gasteiger partial charge in [-0.2, -0.15) is 11.8 Å². The third-order valence-electron chi connectivity index (χ3n) is 2.59. The Hall–Kier alpha value is -0.710. The smallest absolute Gasteiger partial charge is 0.213 e. The van der Waals surface area contributed by atoms with Crippen molar-refractivity contribution < 1.29 is 4.42 Å². The summed E-state index contributed by atoms with van der Waals surface area (Å²) < 4.78 is 5.72. The minimum atomic E-state index is 0.227. The van der Waals surface area contributed by atoms with Gasteiger partial charge >= 0.3 is 0 Å². The van der Waals surface area contributed by atoms with Gasteiger partial charge in [0, 0.05) is 23.1 Å². The molecule has 0 aliphatic carbocycles. The van der Waals surface area contributed by atoms with Gasteiger partial charge in [-0.15, -0.1) is 0 Å². The number of hydrogen-bond donors (Lipinski definition) is 1. The molecule has 5 heteroatoms. The zero-order chi connectivity index (χ0) is 11.0. The maximum Gasteiger partial charge on any atom is 0.213 e. The van der Waals surface area contributed by atoms with E-state index < -0.39 is 0 Å². The van der Waals surface area contributed by atoms with Crippen LogP contribution in [0.3, 0.4) is 0 Å². The highest BCUT2D eigenvalue weighted by Crippen LogP contribution is 2.26. The SMILES string of the molecule is Clc1ccc2oc(C3CSCCN3)nc2c1. The molecular formula is C11H11ClN2OS. The molecule has 1 N–H and O–H groups in total. The van der Waals surface area contributed by atoms with Crippen molar-refractivity contribution in [2.24, 2.45) is 0 Å². The fraction of sp³-hybridized carbons (Fsp3) is 0.364. The van der Waals surface area contributed by atoms with Gasteiger partial charge in [0.05, 0.1) is 6.04 Å². The van der Waals surface area contributed by atoms with Crippen molar-refractivity contribution in [2.45, 2.75) is 6.04 Å². The van der Waals surface area contributed by atoms with E-state index in [-0.39, 0.29) is 6.04 Å². The molecule has 3 rings (SSSR count). The van der Waals surface area contributed by atoms with Crippen LogP contribution in [-0.2, 0) is 0 Å². The van der Waals surface area contributed by atoms with Crippen molar-refractivity contribution in [1.29, 1.82) is 0 Å². The number of oxazole rings is 1. The molecule has 16 heavy (non-hydrogen) atoms. The summed E-state index contributed by atoms with van der Waals surface area (Å²) in [6.45, 7) is 1.01. The summed E-state index contributed by atoms with van der Waals surface area (Å²) in [6.07, 6.45) is 0. The van der Waals surface area contributed by atoms with Crippen LogP contribution in [0, 0.1) is 0 Å². The van der Waals surface area contributed by atoms with Crippen molar-refractivity contribution in [2.75, 3.05) is 18.1 Å². The molecule has 1 aliphatic rings. The summed E-state index contributed by atoms with van der Waals surface area (Å²) in [4.78, 5) is 4.47. The van der Waals surface area contributed by atoms with Crippen LogP contribution in [0.2, 0.25) is 5.02 Å². The number of benzene rings is 1. The number of rotatable bonds is 1. The second-order valence-corrected chi connectivity index (χ2v) is 5.33. The third-order valence-corrected chi connectivity index (χ3v) is 3.88. The Bertz CT molecular complexity index is 508. The van der Waals surface area contributed by atoms with Gasteiger partial charge in [0.1, 0.15) is 5.52 Å². The molecule has 0 saturated carbocycles. The van der Waals surface area contributed by atoms with Crippen molar-refractivity contribution in [3.05, 3.63) is 29.1 Å². The zero-order valence-corrected chi connectivity index (χ0v) is 10.1. The molecular weight excluding hydrogens is 244 g/mol. The predicted molar refractivity (Wildman–Crippen MR) is 67.1 cm³/mol. The van der Waals surface area contributed by atoms with Crippen LogP contribution in [0.4, 0.5) is 0 Å². The van der Waals surface area contributed by atoms with E-state index in [1.165, 1.54) is 0 Å². The number of fused-ring (bicyclic) bond motifs is 1. The first kappa shape index (κ1) is 10.4. The second-order valence-electron chi connectivity index (χ2n) is 3.75. The van der Waals surface area contributed by atoms with E-state index >= 15 is 0 Å². The van der Waals surface area contributed by atoms with E-state index in [1.807, 2.05) is 30.0 Å². The number of nitrogens with one attached hydrogen (secondary N) is 1. The Morgan fingerprint density at radius 3 is 3.25 bits per heavy atom. The van der Waals surface area contributed by atoms with Gasteiger partial charge < -0.3 is 9.73 Å². The van der Waals surface area contributed by atoms with Gasteiger partial charge in [-0.25, -0.2) is 4.98 Å². The minimum absolute atomic E-state index is 0.227. The average Bonchev–Trinajstić information content (AvgIpc) is 2.73.